The molecule has 0 bridgehead atoms. The van der Waals surface area contributed by atoms with Crippen LogP contribution in [0.25, 0.3) is 0 Å². The fourth-order valence-electron chi connectivity index (χ4n) is 3.44. The van der Waals surface area contributed by atoms with E-state index in [0.29, 0.717) is 31.1 Å². The zero-order valence-electron chi connectivity index (χ0n) is 17.6. The van der Waals surface area contributed by atoms with Gasteiger partial charge in [-0.25, -0.2) is 0 Å². The van der Waals surface area contributed by atoms with Gasteiger partial charge in [0.05, 0.1) is 13.5 Å². The molecule has 1 heterocycles. The van der Waals surface area contributed by atoms with Crippen molar-refractivity contribution in [1.29, 1.82) is 0 Å². The van der Waals surface area contributed by atoms with Gasteiger partial charge >= 0.3 is 0 Å². The fraction of sp³-hybridized carbons (Fsp3) is 0.391. The minimum atomic E-state index is -0.553. The minimum absolute atomic E-state index is 0.0501. The van der Waals surface area contributed by atoms with Crippen LogP contribution in [-0.4, -0.2) is 50.2 Å². The van der Waals surface area contributed by atoms with Crippen LogP contribution in [0, 0.1) is 0 Å². The molecular weight excluding hydrogens is 384 g/mol. The number of ether oxygens (including phenoxy) is 3. The van der Waals surface area contributed by atoms with Crippen LogP contribution >= 0.6 is 0 Å². The molecule has 1 unspecified atom stereocenters. The molecular formula is C23H28N2O5. The van der Waals surface area contributed by atoms with Crippen molar-refractivity contribution in [2.45, 2.75) is 32.4 Å². The Morgan fingerprint density at radius 3 is 2.83 bits per heavy atom. The number of hydrogen-bond acceptors (Lipinski definition) is 5. The van der Waals surface area contributed by atoms with Crippen LogP contribution in [0.15, 0.2) is 42.5 Å². The first kappa shape index (κ1) is 21.6. The highest BCUT2D eigenvalue weighted by molar-refractivity contribution is 5.92. The average molecular weight is 412 g/mol. The Labute approximate surface area is 176 Å². The van der Waals surface area contributed by atoms with Crippen molar-refractivity contribution in [3.8, 4) is 11.5 Å². The summed E-state index contributed by atoms with van der Waals surface area (Å²) in [6.45, 7) is 3.37. The molecule has 1 aliphatic rings. The third kappa shape index (κ3) is 5.51. The molecule has 0 spiro atoms. The lowest BCUT2D eigenvalue weighted by Gasteiger charge is -2.22. The van der Waals surface area contributed by atoms with Crippen LogP contribution in [0.3, 0.4) is 0 Å². The molecule has 3 rings (SSSR count). The summed E-state index contributed by atoms with van der Waals surface area (Å²) in [5.41, 5.74) is 2.40. The Morgan fingerprint density at radius 2 is 2.07 bits per heavy atom. The summed E-state index contributed by atoms with van der Waals surface area (Å²) in [5, 5.41) is 2.93. The van der Waals surface area contributed by atoms with Crippen LogP contribution in [0.4, 0.5) is 5.69 Å². The Bertz CT molecular complexity index is 899. The number of nitrogens with zero attached hydrogens (tertiary/aromatic N) is 1. The van der Waals surface area contributed by atoms with Gasteiger partial charge in [0.1, 0.15) is 11.5 Å². The normalized spacial score (nSPS) is 15.8. The van der Waals surface area contributed by atoms with Crippen LogP contribution in [0.2, 0.25) is 0 Å². The van der Waals surface area contributed by atoms with Gasteiger partial charge in [-0.15, -0.1) is 0 Å². The Balaban J connectivity index is 1.70. The molecule has 2 aromatic carbocycles. The van der Waals surface area contributed by atoms with Gasteiger partial charge in [0.25, 0.3) is 5.91 Å². The zero-order chi connectivity index (χ0) is 21.5. The Morgan fingerprint density at radius 1 is 1.23 bits per heavy atom. The van der Waals surface area contributed by atoms with Gasteiger partial charge in [-0.3, -0.25) is 9.59 Å². The van der Waals surface area contributed by atoms with Crippen LogP contribution in [-0.2, 0) is 27.3 Å². The van der Waals surface area contributed by atoms with E-state index in [-0.39, 0.29) is 18.2 Å². The van der Waals surface area contributed by atoms with E-state index in [1.807, 2.05) is 30.3 Å². The second-order valence-electron chi connectivity index (χ2n) is 7.27. The van der Waals surface area contributed by atoms with Crippen molar-refractivity contribution in [3.05, 3.63) is 53.6 Å². The van der Waals surface area contributed by atoms with Crippen LogP contribution in [0.1, 0.15) is 24.5 Å². The number of fused-ring (bicyclic) bond motifs is 1. The molecule has 160 valence electrons. The number of anilines is 1. The van der Waals surface area contributed by atoms with Crippen molar-refractivity contribution >= 4 is 17.5 Å². The summed E-state index contributed by atoms with van der Waals surface area (Å²) in [6, 6.07) is 12.9. The second kappa shape index (κ2) is 10.1. The second-order valence-corrected chi connectivity index (χ2v) is 7.27. The monoisotopic (exact) mass is 412 g/mol. The zero-order valence-corrected chi connectivity index (χ0v) is 17.6. The maximum atomic E-state index is 12.6. The number of hydrogen-bond donors (Lipinski definition) is 1. The molecule has 1 atom stereocenters. The Hall–Kier alpha value is -3.06. The van der Waals surface area contributed by atoms with Crippen molar-refractivity contribution in [2.75, 3.05) is 32.7 Å². The van der Waals surface area contributed by atoms with Gasteiger partial charge in [-0.1, -0.05) is 12.1 Å². The first-order valence-corrected chi connectivity index (χ1v) is 10.00. The van der Waals surface area contributed by atoms with Crippen molar-refractivity contribution < 1.29 is 23.8 Å². The van der Waals surface area contributed by atoms with E-state index >= 15 is 0 Å². The number of amides is 2. The molecule has 1 aliphatic heterocycles. The van der Waals surface area contributed by atoms with Gasteiger partial charge in [0.2, 0.25) is 5.91 Å². The number of rotatable bonds is 8. The predicted octanol–water partition coefficient (Wildman–Crippen LogP) is 3.02. The van der Waals surface area contributed by atoms with Crippen LogP contribution in [0.5, 0.6) is 11.5 Å². The maximum Gasteiger partial charge on any atom is 0.263 e. The summed E-state index contributed by atoms with van der Waals surface area (Å²) in [6.07, 6.45) is 0.437. The van der Waals surface area contributed by atoms with Crippen molar-refractivity contribution in [2.24, 2.45) is 0 Å². The quantitative estimate of drug-likeness (QED) is 0.675. The van der Waals surface area contributed by atoms with Gasteiger partial charge in [0, 0.05) is 38.1 Å². The van der Waals surface area contributed by atoms with E-state index in [0.717, 1.165) is 23.3 Å². The number of carbonyl (C=O) groups is 2. The lowest BCUT2D eigenvalue weighted by Crippen LogP contribution is -2.38. The number of benzene rings is 2. The van der Waals surface area contributed by atoms with Gasteiger partial charge in [-0.2, -0.15) is 0 Å². The topological polar surface area (TPSA) is 77.1 Å². The number of nitrogens with one attached hydrogen (secondary N) is 1. The van der Waals surface area contributed by atoms with E-state index in [1.54, 1.807) is 38.2 Å². The summed E-state index contributed by atoms with van der Waals surface area (Å²) < 4.78 is 16.1. The molecule has 0 aromatic heterocycles. The molecule has 0 saturated heterocycles. The maximum absolute atomic E-state index is 12.6. The summed E-state index contributed by atoms with van der Waals surface area (Å²) >= 11 is 0. The fourth-order valence-corrected chi connectivity index (χ4v) is 3.44. The standard InChI is InChI=1S/C23H28N2O5/c1-16-23(27)25(10-5-11-28-2)15-18-14-19(8-9-21(18)30-16)24-22(26)13-17-6-4-7-20(12-17)29-3/h4,6-9,12,14,16H,5,10-11,13,15H2,1-3H3,(H,24,26). The minimum Gasteiger partial charge on any atom is -0.497 e. The number of carbonyl (C=O) groups excluding carboxylic acids is 2. The van der Waals surface area contributed by atoms with Gasteiger partial charge in [-0.05, 0) is 49.2 Å². The highest BCUT2D eigenvalue weighted by atomic mass is 16.5. The van der Waals surface area contributed by atoms with Crippen LogP contribution < -0.4 is 14.8 Å². The van der Waals surface area contributed by atoms with E-state index in [9.17, 15) is 9.59 Å². The summed E-state index contributed by atoms with van der Waals surface area (Å²) in [7, 11) is 3.24. The van der Waals surface area contributed by atoms with E-state index < -0.39 is 6.10 Å². The molecule has 0 saturated carbocycles. The third-order valence-corrected chi connectivity index (χ3v) is 4.94. The first-order chi connectivity index (χ1) is 14.5. The SMILES string of the molecule is COCCCN1Cc2cc(NC(=O)Cc3cccc(OC)c3)ccc2OC(C)C1=O. The molecule has 7 heteroatoms. The predicted molar refractivity (Wildman–Crippen MR) is 114 cm³/mol. The highest BCUT2D eigenvalue weighted by Gasteiger charge is 2.27. The van der Waals surface area contributed by atoms with E-state index in [1.165, 1.54) is 0 Å². The lowest BCUT2D eigenvalue weighted by molar-refractivity contribution is -0.137. The molecule has 0 fully saturated rings. The molecule has 1 N–H and O–H groups in total. The molecule has 0 aliphatic carbocycles. The number of methoxy groups -OCH3 is 2. The van der Waals surface area contributed by atoms with Gasteiger partial charge in [0.15, 0.2) is 6.10 Å². The largest absolute Gasteiger partial charge is 0.497 e. The Kier molecular flexibility index (Phi) is 7.30. The molecule has 30 heavy (non-hydrogen) atoms. The first-order valence-electron chi connectivity index (χ1n) is 10.00. The summed E-state index contributed by atoms with van der Waals surface area (Å²) in [4.78, 5) is 26.9. The highest BCUT2D eigenvalue weighted by Crippen LogP contribution is 2.29. The van der Waals surface area contributed by atoms with E-state index in [4.69, 9.17) is 14.2 Å². The van der Waals surface area contributed by atoms with Crippen molar-refractivity contribution in [1.82, 2.24) is 4.90 Å². The smallest absolute Gasteiger partial charge is 0.263 e. The molecule has 2 amide bonds. The summed E-state index contributed by atoms with van der Waals surface area (Å²) in [5.74, 6) is 1.20. The molecule has 0 radical (unpaired) electrons. The van der Waals surface area contributed by atoms with E-state index in [2.05, 4.69) is 5.32 Å². The third-order valence-electron chi connectivity index (χ3n) is 4.94. The molecule has 2 aromatic rings. The molecule has 7 nitrogen and oxygen atoms in total. The van der Waals surface area contributed by atoms with Crippen molar-refractivity contribution in [3.63, 3.8) is 0 Å². The lowest BCUT2D eigenvalue weighted by atomic mass is 10.1. The van der Waals surface area contributed by atoms with Gasteiger partial charge < -0.3 is 24.4 Å². The average Bonchev–Trinajstić information content (AvgIpc) is 2.85.